The van der Waals surface area contributed by atoms with Gasteiger partial charge in [-0.25, -0.2) is 0 Å². The van der Waals surface area contributed by atoms with E-state index >= 15 is 0 Å². The first-order chi connectivity index (χ1) is 11.1. The maximum absolute atomic E-state index is 13.4. The zero-order valence-electron chi connectivity index (χ0n) is 13.5. The molecular weight excluding hydrogens is 312 g/mol. The number of carbonyl (C=O) groups is 1. The highest BCUT2D eigenvalue weighted by Gasteiger charge is 2.55. The van der Waals surface area contributed by atoms with Crippen LogP contribution in [0, 0.1) is 5.41 Å². The minimum Gasteiger partial charge on any atom is -0.491 e. The number of fused-ring (bicyclic) bond motifs is 3. The third-order valence-electron chi connectivity index (χ3n) is 5.86. The number of halogens is 1. The number of carbonyl (C=O) groups excluding carboxylic acids is 1. The van der Waals surface area contributed by atoms with Crippen LogP contribution in [0.1, 0.15) is 38.2 Å². The molecule has 2 fully saturated rings. The van der Waals surface area contributed by atoms with Crippen LogP contribution in [0.2, 0.25) is 5.02 Å². The summed E-state index contributed by atoms with van der Waals surface area (Å²) in [5.74, 6) is 1.14. The minimum absolute atomic E-state index is 0.230. The first-order valence-corrected chi connectivity index (χ1v) is 8.97. The van der Waals surface area contributed by atoms with Gasteiger partial charge in [0.2, 0.25) is 5.91 Å². The number of ether oxygens (including phenoxy) is 1. The van der Waals surface area contributed by atoms with Gasteiger partial charge in [-0.1, -0.05) is 18.5 Å². The van der Waals surface area contributed by atoms with E-state index in [2.05, 4.69) is 12.2 Å². The molecule has 3 aliphatic heterocycles. The van der Waals surface area contributed by atoms with Crippen molar-refractivity contribution in [3.8, 4) is 5.75 Å². The standard InChI is InChI=1S/C18H23ClN2O2/c1-2-18(10-14-4-6-16(18)20-14)17(22)21-7-8-23-15-5-3-13(19)9-12(15)11-21/h3,5,9,14,16,20H,2,4,6-8,10-11H2,1H3/t14-,16+,18+/m0/s1. The van der Waals surface area contributed by atoms with Crippen LogP contribution >= 0.6 is 11.6 Å². The van der Waals surface area contributed by atoms with Crippen LogP contribution in [0.15, 0.2) is 18.2 Å². The normalized spacial score (nSPS) is 32.3. The van der Waals surface area contributed by atoms with Gasteiger partial charge in [0.25, 0.3) is 0 Å². The highest BCUT2D eigenvalue weighted by molar-refractivity contribution is 6.30. The lowest BCUT2D eigenvalue weighted by atomic mass is 9.71. The van der Waals surface area contributed by atoms with Gasteiger partial charge in [0.15, 0.2) is 0 Å². The maximum Gasteiger partial charge on any atom is 0.230 e. The fraction of sp³-hybridized carbons (Fsp3) is 0.611. The summed E-state index contributed by atoms with van der Waals surface area (Å²) >= 11 is 6.12. The second kappa shape index (κ2) is 5.67. The van der Waals surface area contributed by atoms with Crippen LogP contribution in [0.25, 0.3) is 0 Å². The van der Waals surface area contributed by atoms with E-state index in [1.54, 1.807) is 0 Å². The van der Waals surface area contributed by atoms with E-state index in [9.17, 15) is 4.79 Å². The molecule has 5 heteroatoms. The molecule has 2 saturated heterocycles. The molecule has 1 aromatic carbocycles. The second-order valence-electron chi connectivity index (χ2n) is 7.03. The van der Waals surface area contributed by atoms with Crippen LogP contribution in [0.5, 0.6) is 5.75 Å². The third kappa shape index (κ3) is 2.43. The van der Waals surface area contributed by atoms with Crippen molar-refractivity contribution in [3.05, 3.63) is 28.8 Å². The zero-order chi connectivity index (χ0) is 16.0. The van der Waals surface area contributed by atoms with Gasteiger partial charge in [-0.05, 0) is 43.9 Å². The van der Waals surface area contributed by atoms with Crippen LogP contribution in [0.3, 0.4) is 0 Å². The van der Waals surface area contributed by atoms with Crippen molar-refractivity contribution in [2.45, 2.75) is 51.2 Å². The first-order valence-electron chi connectivity index (χ1n) is 8.59. The molecule has 0 aromatic heterocycles. The van der Waals surface area contributed by atoms with Gasteiger partial charge in [0, 0.05) is 29.2 Å². The Balaban J connectivity index is 1.61. The van der Waals surface area contributed by atoms with Crippen molar-refractivity contribution in [2.24, 2.45) is 5.41 Å². The molecule has 2 bridgehead atoms. The smallest absolute Gasteiger partial charge is 0.230 e. The average molecular weight is 335 g/mol. The molecule has 0 unspecified atom stereocenters. The predicted octanol–water partition coefficient (Wildman–Crippen LogP) is 2.98. The summed E-state index contributed by atoms with van der Waals surface area (Å²) in [7, 11) is 0. The van der Waals surface area contributed by atoms with E-state index in [4.69, 9.17) is 16.3 Å². The Morgan fingerprint density at radius 3 is 3.04 bits per heavy atom. The fourth-order valence-corrected chi connectivity index (χ4v) is 4.82. The molecule has 0 spiro atoms. The van der Waals surface area contributed by atoms with Crippen molar-refractivity contribution in [3.63, 3.8) is 0 Å². The van der Waals surface area contributed by atoms with Gasteiger partial charge >= 0.3 is 0 Å². The highest BCUT2D eigenvalue weighted by Crippen LogP contribution is 2.47. The topological polar surface area (TPSA) is 41.6 Å². The summed E-state index contributed by atoms with van der Waals surface area (Å²) < 4.78 is 5.81. The third-order valence-corrected chi connectivity index (χ3v) is 6.10. The highest BCUT2D eigenvalue weighted by atomic mass is 35.5. The summed E-state index contributed by atoms with van der Waals surface area (Å²) in [6.45, 7) is 3.93. The van der Waals surface area contributed by atoms with Crippen molar-refractivity contribution < 1.29 is 9.53 Å². The summed E-state index contributed by atoms with van der Waals surface area (Å²) in [5.41, 5.74) is 0.775. The molecule has 3 aliphatic rings. The number of hydrogen-bond donors (Lipinski definition) is 1. The Morgan fingerprint density at radius 2 is 2.35 bits per heavy atom. The largest absolute Gasteiger partial charge is 0.491 e. The monoisotopic (exact) mass is 334 g/mol. The Kier molecular flexibility index (Phi) is 3.77. The van der Waals surface area contributed by atoms with E-state index in [1.165, 1.54) is 6.42 Å². The minimum atomic E-state index is -0.230. The summed E-state index contributed by atoms with van der Waals surface area (Å²) in [6, 6.07) is 6.52. The SMILES string of the molecule is CC[C@@]1(C(=O)N2CCOc3ccc(Cl)cc3C2)C[C@@H]2CC[C@H]1N2. The van der Waals surface area contributed by atoms with Crippen LogP contribution in [-0.4, -0.2) is 36.0 Å². The van der Waals surface area contributed by atoms with E-state index in [0.29, 0.717) is 36.8 Å². The molecule has 3 heterocycles. The first kappa shape index (κ1) is 15.3. The molecule has 0 saturated carbocycles. The summed E-state index contributed by atoms with van der Waals surface area (Å²) in [4.78, 5) is 15.4. The molecular formula is C18H23ClN2O2. The molecule has 0 radical (unpaired) electrons. The maximum atomic E-state index is 13.4. The number of benzene rings is 1. The van der Waals surface area contributed by atoms with Crippen LogP contribution in [-0.2, 0) is 11.3 Å². The number of nitrogens with one attached hydrogen (secondary N) is 1. The van der Waals surface area contributed by atoms with Crippen LogP contribution < -0.4 is 10.1 Å². The molecule has 0 aliphatic carbocycles. The van der Waals surface area contributed by atoms with Gasteiger partial charge in [-0.15, -0.1) is 0 Å². The Labute approximate surface area is 142 Å². The van der Waals surface area contributed by atoms with Gasteiger partial charge in [-0.3, -0.25) is 4.79 Å². The van der Waals surface area contributed by atoms with Crippen molar-refractivity contribution >= 4 is 17.5 Å². The fourth-order valence-electron chi connectivity index (χ4n) is 4.63. The van der Waals surface area contributed by atoms with Gasteiger partial charge < -0.3 is 15.0 Å². The van der Waals surface area contributed by atoms with Gasteiger partial charge in [0.05, 0.1) is 12.0 Å². The Hall–Kier alpha value is -1.26. The van der Waals surface area contributed by atoms with E-state index in [-0.39, 0.29) is 11.3 Å². The van der Waals surface area contributed by atoms with E-state index in [1.807, 2.05) is 23.1 Å². The predicted molar refractivity (Wildman–Crippen MR) is 89.7 cm³/mol. The average Bonchev–Trinajstić information content (AvgIpc) is 3.10. The molecule has 1 amide bonds. The molecule has 1 N–H and O–H groups in total. The summed E-state index contributed by atoms with van der Waals surface area (Å²) in [5, 5.41) is 4.32. The Morgan fingerprint density at radius 1 is 1.48 bits per heavy atom. The van der Waals surface area contributed by atoms with Crippen molar-refractivity contribution in [1.29, 1.82) is 0 Å². The van der Waals surface area contributed by atoms with Crippen molar-refractivity contribution in [1.82, 2.24) is 10.2 Å². The number of hydrogen-bond acceptors (Lipinski definition) is 3. The quantitative estimate of drug-likeness (QED) is 0.904. The molecule has 124 valence electrons. The molecule has 4 nitrogen and oxygen atoms in total. The number of rotatable bonds is 2. The molecule has 23 heavy (non-hydrogen) atoms. The zero-order valence-corrected chi connectivity index (χ0v) is 14.2. The second-order valence-corrected chi connectivity index (χ2v) is 7.47. The lowest BCUT2D eigenvalue weighted by Crippen LogP contribution is -2.50. The van der Waals surface area contributed by atoms with Crippen LogP contribution in [0.4, 0.5) is 0 Å². The Bertz CT molecular complexity index is 635. The van der Waals surface area contributed by atoms with Gasteiger partial charge in [-0.2, -0.15) is 0 Å². The van der Waals surface area contributed by atoms with Crippen molar-refractivity contribution in [2.75, 3.05) is 13.2 Å². The molecule has 3 atom stereocenters. The lowest BCUT2D eigenvalue weighted by molar-refractivity contribution is -0.144. The number of nitrogens with zero attached hydrogens (tertiary/aromatic N) is 1. The lowest BCUT2D eigenvalue weighted by Gasteiger charge is -2.38. The van der Waals surface area contributed by atoms with E-state index < -0.39 is 0 Å². The molecule has 4 rings (SSSR count). The number of amides is 1. The molecule has 1 aromatic rings. The van der Waals surface area contributed by atoms with Gasteiger partial charge in [0.1, 0.15) is 12.4 Å². The van der Waals surface area contributed by atoms with E-state index in [0.717, 1.165) is 30.6 Å². The summed E-state index contributed by atoms with van der Waals surface area (Å²) in [6.07, 6.45) is 4.21.